The summed E-state index contributed by atoms with van der Waals surface area (Å²) >= 11 is 0. The van der Waals surface area contributed by atoms with Crippen molar-refractivity contribution in [2.75, 3.05) is 6.61 Å². The van der Waals surface area contributed by atoms with Crippen LogP contribution in [0.4, 0.5) is 17.6 Å². The number of allylic oxidation sites excluding steroid dienone is 5. The van der Waals surface area contributed by atoms with Crippen molar-refractivity contribution in [1.29, 1.82) is 0 Å². The van der Waals surface area contributed by atoms with Gasteiger partial charge in [0.25, 0.3) is 0 Å². The van der Waals surface area contributed by atoms with E-state index in [1.54, 1.807) is 20.8 Å². The molecule has 0 bridgehead atoms. The molecule has 0 fully saturated rings. The molecule has 1 aromatic carbocycles. The Hall–Kier alpha value is -2.37. The lowest BCUT2D eigenvalue weighted by Gasteiger charge is -2.15. The number of hydrogen-bond acceptors (Lipinski definition) is 2. The summed E-state index contributed by atoms with van der Waals surface area (Å²) in [5, 5.41) is 0. The van der Waals surface area contributed by atoms with Gasteiger partial charge in [0.05, 0.1) is 13.0 Å². The highest BCUT2D eigenvalue weighted by molar-refractivity contribution is 5.80. The van der Waals surface area contributed by atoms with Gasteiger partial charge in [-0.15, -0.1) is 0 Å². The van der Waals surface area contributed by atoms with Gasteiger partial charge in [-0.05, 0) is 62.1 Å². The largest absolute Gasteiger partial charge is 0.466 e. The van der Waals surface area contributed by atoms with Crippen LogP contribution in [0.15, 0.2) is 42.3 Å². The number of hydrogen-bond donors (Lipinski definition) is 0. The van der Waals surface area contributed by atoms with Gasteiger partial charge in [-0.2, -0.15) is 13.2 Å². The van der Waals surface area contributed by atoms with Gasteiger partial charge >= 0.3 is 12.1 Å². The Kier molecular flexibility index (Phi) is 8.00. The van der Waals surface area contributed by atoms with E-state index in [1.165, 1.54) is 0 Å². The molecule has 0 saturated heterocycles. The van der Waals surface area contributed by atoms with Crippen molar-refractivity contribution in [2.45, 2.75) is 46.7 Å². The van der Waals surface area contributed by atoms with Gasteiger partial charge in [0, 0.05) is 12.0 Å². The number of benzene rings is 1. The molecule has 1 aromatic rings. The first-order valence-corrected chi connectivity index (χ1v) is 8.53. The molecule has 1 rings (SSSR count). The lowest BCUT2D eigenvalue weighted by molar-refractivity contribution is -0.143. The second-order valence-electron chi connectivity index (χ2n) is 6.29. The van der Waals surface area contributed by atoms with Gasteiger partial charge < -0.3 is 4.74 Å². The summed E-state index contributed by atoms with van der Waals surface area (Å²) in [7, 11) is 0. The first-order chi connectivity index (χ1) is 12.5. The average Bonchev–Trinajstić information content (AvgIpc) is 2.51. The number of alkyl halides is 3. The van der Waals surface area contributed by atoms with Crippen molar-refractivity contribution in [1.82, 2.24) is 0 Å². The molecule has 0 radical (unpaired) electrons. The Morgan fingerprint density at radius 3 is 2.15 bits per heavy atom. The van der Waals surface area contributed by atoms with E-state index < -0.39 is 23.5 Å². The molecule has 0 aliphatic carbocycles. The normalized spacial score (nSPS) is 12.9. The van der Waals surface area contributed by atoms with E-state index in [0.29, 0.717) is 5.56 Å². The van der Waals surface area contributed by atoms with Gasteiger partial charge in [-0.25, -0.2) is 4.39 Å². The monoisotopic (exact) mass is 384 g/mol. The molecular weight excluding hydrogens is 360 g/mol. The minimum absolute atomic E-state index is 0.0636. The maximum atomic E-state index is 14.3. The van der Waals surface area contributed by atoms with E-state index in [-0.39, 0.29) is 25.0 Å². The van der Waals surface area contributed by atoms with Crippen LogP contribution >= 0.6 is 0 Å². The number of ether oxygens (including phenoxy) is 1. The lowest BCUT2D eigenvalue weighted by atomic mass is 9.92. The Morgan fingerprint density at radius 1 is 1.11 bits per heavy atom. The number of rotatable bonds is 7. The van der Waals surface area contributed by atoms with Crippen LogP contribution in [0.3, 0.4) is 0 Å². The number of esters is 1. The van der Waals surface area contributed by atoms with Crippen molar-refractivity contribution in [3.63, 3.8) is 0 Å². The van der Waals surface area contributed by atoms with Crippen LogP contribution in [0.5, 0.6) is 0 Å². The van der Waals surface area contributed by atoms with E-state index in [9.17, 15) is 22.4 Å². The summed E-state index contributed by atoms with van der Waals surface area (Å²) in [4.78, 5) is 11.4. The molecule has 0 aromatic heterocycles. The molecule has 0 N–H and O–H groups in total. The third-order valence-corrected chi connectivity index (χ3v) is 3.84. The second kappa shape index (κ2) is 9.53. The zero-order valence-corrected chi connectivity index (χ0v) is 16.0. The fraction of sp³-hybridized carbons (Fsp3) is 0.381. The van der Waals surface area contributed by atoms with Gasteiger partial charge in [0.15, 0.2) is 0 Å². The smallest absolute Gasteiger partial charge is 0.415 e. The van der Waals surface area contributed by atoms with Gasteiger partial charge in [0.1, 0.15) is 5.83 Å². The highest BCUT2D eigenvalue weighted by atomic mass is 19.4. The predicted molar refractivity (Wildman–Crippen MR) is 98.9 cm³/mol. The minimum atomic E-state index is -4.62. The molecule has 148 valence electrons. The van der Waals surface area contributed by atoms with Crippen LogP contribution in [-0.2, 0) is 9.53 Å². The summed E-state index contributed by atoms with van der Waals surface area (Å²) in [6.07, 6.45) is -3.20. The predicted octanol–water partition coefficient (Wildman–Crippen LogP) is 6.31. The zero-order chi connectivity index (χ0) is 20.8. The van der Waals surface area contributed by atoms with Gasteiger partial charge in [-0.3, -0.25) is 4.79 Å². The van der Waals surface area contributed by atoms with E-state index in [1.807, 2.05) is 19.1 Å². The van der Waals surface area contributed by atoms with E-state index in [4.69, 9.17) is 4.74 Å². The van der Waals surface area contributed by atoms with Crippen molar-refractivity contribution in [2.24, 2.45) is 0 Å². The summed E-state index contributed by atoms with van der Waals surface area (Å²) < 4.78 is 57.9. The summed E-state index contributed by atoms with van der Waals surface area (Å²) in [6, 6.07) is 3.63. The first-order valence-electron chi connectivity index (χ1n) is 8.53. The van der Waals surface area contributed by atoms with Crippen molar-refractivity contribution >= 4 is 11.5 Å². The SMILES string of the molecule is C=C(/C=C(\C=C(/F)CCC(=O)OCC)c1c(C)cc(C)cc1C)C(F)(F)F. The van der Waals surface area contributed by atoms with Crippen LogP contribution in [-0.4, -0.2) is 18.8 Å². The van der Waals surface area contributed by atoms with Crippen molar-refractivity contribution < 1.29 is 27.1 Å². The van der Waals surface area contributed by atoms with Crippen molar-refractivity contribution in [3.05, 3.63) is 64.5 Å². The van der Waals surface area contributed by atoms with Crippen LogP contribution < -0.4 is 0 Å². The molecule has 0 spiro atoms. The lowest BCUT2D eigenvalue weighted by Crippen LogP contribution is -2.09. The summed E-state index contributed by atoms with van der Waals surface area (Å²) in [5.41, 5.74) is 1.90. The average molecular weight is 384 g/mol. The molecular formula is C21H24F4O2. The first kappa shape index (κ1) is 22.7. The molecule has 0 amide bonds. The summed E-state index contributed by atoms with van der Waals surface area (Å²) in [6.45, 7) is 10.2. The van der Waals surface area contributed by atoms with E-state index >= 15 is 0 Å². The molecule has 27 heavy (non-hydrogen) atoms. The number of carbonyl (C=O) groups excluding carboxylic acids is 1. The van der Waals surface area contributed by atoms with Gasteiger partial charge in [-0.1, -0.05) is 24.3 Å². The van der Waals surface area contributed by atoms with E-state index in [0.717, 1.165) is 28.8 Å². The van der Waals surface area contributed by atoms with Crippen molar-refractivity contribution in [3.8, 4) is 0 Å². The van der Waals surface area contributed by atoms with Crippen LogP contribution in [0.2, 0.25) is 0 Å². The molecule has 0 heterocycles. The third-order valence-electron chi connectivity index (χ3n) is 3.84. The fourth-order valence-corrected chi connectivity index (χ4v) is 2.79. The number of aryl methyl sites for hydroxylation is 3. The minimum Gasteiger partial charge on any atom is -0.466 e. The standard InChI is InChI=1S/C21H24F4O2/c1-6-27-19(26)8-7-18(22)12-17(11-16(5)21(23,24)25)20-14(3)9-13(2)10-15(20)4/h9-12H,5-8H2,1-4H3/b17-11+,18-12-. The fourth-order valence-electron chi connectivity index (χ4n) is 2.79. The third kappa shape index (κ3) is 7.04. The highest BCUT2D eigenvalue weighted by Crippen LogP contribution is 2.32. The zero-order valence-electron chi connectivity index (χ0n) is 16.0. The topological polar surface area (TPSA) is 26.3 Å². The molecule has 0 unspecified atom stereocenters. The quantitative estimate of drug-likeness (QED) is 0.313. The van der Waals surface area contributed by atoms with Gasteiger partial charge in [0.2, 0.25) is 0 Å². The Bertz CT molecular complexity index is 748. The molecule has 0 atom stereocenters. The van der Waals surface area contributed by atoms with Crippen LogP contribution in [0, 0.1) is 20.8 Å². The van der Waals surface area contributed by atoms with Crippen LogP contribution in [0.25, 0.3) is 5.57 Å². The van der Waals surface area contributed by atoms with E-state index in [2.05, 4.69) is 6.58 Å². The Labute approximate surface area is 157 Å². The Morgan fingerprint density at radius 2 is 1.67 bits per heavy atom. The maximum Gasteiger partial charge on any atom is 0.415 e. The Balaban J connectivity index is 3.32. The molecule has 0 saturated carbocycles. The molecule has 6 heteroatoms. The summed E-state index contributed by atoms with van der Waals surface area (Å²) in [5.74, 6) is -1.27. The molecule has 2 nitrogen and oxygen atoms in total. The molecule has 0 aliphatic rings. The number of halogens is 4. The van der Waals surface area contributed by atoms with Crippen LogP contribution in [0.1, 0.15) is 42.0 Å². The highest BCUT2D eigenvalue weighted by Gasteiger charge is 2.30. The number of carbonyl (C=O) groups is 1. The second-order valence-corrected chi connectivity index (χ2v) is 6.29. The molecule has 0 aliphatic heterocycles. The maximum absolute atomic E-state index is 14.3.